The smallest absolute Gasteiger partial charge is 0.407 e. The Morgan fingerprint density at radius 3 is 2.40 bits per heavy atom. The van der Waals surface area contributed by atoms with E-state index in [1.807, 2.05) is 0 Å². The van der Waals surface area contributed by atoms with Crippen molar-refractivity contribution in [2.75, 3.05) is 6.54 Å². The number of ether oxygens (including phenoxy) is 1. The molecule has 0 heterocycles. The van der Waals surface area contributed by atoms with Crippen molar-refractivity contribution < 1.29 is 24.5 Å². The quantitative estimate of drug-likeness (QED) is 0.785. The standard InChI is InChI=1S/C14H19NO5/c1-14(2,3)20-13(19)15-8-10(12(17)18)9-6-4-5-7-11(9)16/h4-7,10,16H,8H2,1-3H3,(H,15,19)(H,17,18)/t10-/m0/s1. The van der Waals surface area contributed by atoms with Crippen molar-refractivity contribution in [3.05, 3.63) is 29.8 Å². The summed E-state index contributed by atoms with van der Waals surface area (Å²) in [5, 5.41) is 21.3. The van der Waals surface area contributed by atoms with E-state index in [0.29, 0.717) is 0 Å². The molecule has 20 heavy (non-hydrogen) atoms. The van der Waals surface area contributed by atoms with Gasteiger partial charge < -0.3 is 20.3 Å². The lowest BCUT2D eigenvalue weighted by molar-refractivity contribution is -0.138. The van der Waals surface area contributed by atoms with Crippen LogP contribution >= 0.6 is 0 Å². The van der Waals surface area contributed by atoms with Gasteiger partial charge in [-0.15, -0.1) is 0 Å². The third-order valence-corrected chi connectivity index (χ3v) is 2.46. The molecule has 0 spiro atoms. The lowest BCUT2D eigenvalue weighted by atomic mass is 9.98. The molecule has 6 nitrogen and oxygen atoms in total. The Balaban J connectivity index is 2.73. The Morgan fingerprint density at radius 1 is 1.30 bits per heavy atom. The van der Waals surface area contributed by atoms with Crippen LogP contribution in [-0.2, 0) is 9.53 Å². The predicted octanol–water partition coefficient (Wildman–Crippen LogP) is 2.09. The number of phenolic OH excluding ortho intramolecular Hbond substituents is 1. The van der Waals surface area contributed by atoms with Gasteiger partial charge in [-0.2, -0.15) is 0 Å². The largest absolute Gasteiger partial charge is 0.508 e. The highest BCUT2D eigenvalue weighted by Gasteiger charge is 2.24. The van der Waals surface area contributed by atoms with E-state index >= 15 is 0 Å². The highest BCUT2D eigenvalue weighted by atomic mass is 16.6. The molecule has 0 saturated carbocycles. The topological polar surface area (TPSA) is 95.9 Å². The Hall–Kier alpha value is -2.24. The van der Waals surface area contributed by atoms with Crippen LogP contribution in [0.5, 0.6) is 5.75 Å². The first-order valence-corrected chi connectivity index (χ1v) is 6.18. The monoisotopic (exact) mass is 281 g/mol. The molecule has 0 fully saturated rings. The Kier molecular flexibility index (Phi) is 4.96. The van der Waals surface area contributed by atoms with Crippen LogP contribution in [0.3, 0.4) is 0 Å². The first-order chi connectivity index (χ1) is 9.20. The highest BCUT2D eigenvalue weighted by Crippen LogP contribution is 2.25. The zero-order valence-corrected chi connectivity index (χ0v) is 11.7. The summed E-state index contributed by atoms with van der Waals surface area (Å²) in [5.41, 5.74) is -0.409. The zero-order valence-electron chi connectivity index (χ0n) is 11.7. The van der Waals surface area contributed by atoms with Gasteiger partial charge in [0.2, 0.25) is 0 Å². The maximum Gasteiger partial charge on any atom is 0.407 e. The van der Waals surface area contributed by atoms with E-state index in [9.17, 15) is 19.8 Å². The van der Waals surface area contributed by atoms with E-state index in [1.165, 1.54) is 12.1 Å². The number of nitrogens with one attached hydrogen (secondary N) is 1. The van der Waals surface area contributed by atoms with Crippen molar-refractivity contribution in [2.24, 2.45) is 0 Å². The van der Waals surface area contributed by atoms with Gasteiger partial charge in [0.25, 0.3) is 0 Å². The molecule has 0 aliphatic carbocycles. The number of carbonyl (C=O) groups excluding carboxylic acids is 1. The van der Waals surface area contributed by atoms with Crippen LogP contribution in [0.4, 0.5) is 4.79 Å². The van der Waals surface area contributed by atoms with Crippen LogP contribution in [0.2, 0.25) is 0 Å². The number of alkyl carbamates (subject to hydrolysis) is 1. The van der Waals surface area contributed by atoms with Crippen LogP contribution in [0.25, 0.3) is 0 Å². The lowest BCUT2D eigenvalue weighted by Gasteiger charge is -2.21. The number of phenols is 1. The molecule has 1 atom stereocenters. The van der Waals surface area contributed by atoms with Gasteiger partial charge in [-0.3, -0.25) is 4.79 Å². The van der Waals surface area contributed by atoms with Crippen LogP contribution in [0.15, 0.2) is 24.3 Å². The summed E-state index contributed by atoms with van der Waals surface area (Å²) in [6.07, 6.45) is -0.695. The molecule has 1 aromatic rings. The number of rotatable bonds is 4. The second-order valence-corrected chi connectivity index (χ2v) is 5.33. The minimum Gasteiger partial charge on any atom is -0.508 e. The Bertz CT molecular complexity index is 493. The molecule has 110 valence electrons. The molecular weight excluding hydrogens is 262 g/mol. The van der Waals surface area contributed by atoms with Crippen LogP contribution in [-0.4, -0.2) is 34.4 Å². The molecule has 0 radical (unpaired) electrons. The SMILES string of the molecule is CC(C)(C)OC(=O)NC[C@H](C(=O)O)c1ccccc1O. The summed E-state index contributed by atoms with van der Waals surface area (Å²) in [6.45, 7) is 4.97. The maximum atomic E-state index is 11.5. The number of carboxylic acid groups (broad SMARTS) is 1. The van der Waals surface area contributed by atoms with Crippen molar-refractivity contribution in [1.29, 1.82) is 0 Å². The van der Waals surface area contributed by atoms with Crippen molar-refractivity contribution in [1.82, 2.24) is 5.32 Å². The summed E-state index contributed by atoms with van der Waals surface area (Å²) in [7, 11) is 0. The van der Waals surface area contributed by atoms with E-state index in [4.69, 9.17) is 4.74 Å². The van der Waals surface area contributed by atoms with Crippen molar-refractivity contribution in [3.63, 3.8) is 0 Å². The summed E-state index contributed by atoms with van der Waals surface area (Å²) in [6, 6.07) is 6.13. The number of hydrogen-bond donors (Lipinski definition) is 3. The molecule has 0 unspecified atom stereocenters. The molecule has 1 amide bonds. The van der Waals surface area contributed by atoms with Crippen molar-refractivity contribution in [3.8, 4) is 5.75 Å². The third kappa shape index (κ3) is 4.79. The molecule has 6 heteroatoms. The van der Waals surface area contributed by atoms with E-state index in [-0.39, 0.29) is 17.9 Å². The van der Waals surface area contributed by atoms with Gasteiger partial charge in [-0.25, -0.2) is 4.79 Å². The second kappa shape index (κ2) is 6.27. The van der Waals surface area contributed by atoms with E-state index in [0.717, 1.165) is 0 Å². The van der Waals surface area contributed by atoms with Crippen molar-refractivity contribution in [2.45, 2.75) is 32.3 Å². The summed E-state index contributed by atoms with van der Waals surface area (Å²) in [5.74, 6) is -2.29. The number of benzene rings is 1. The minimum absolute atomic E-state index is 0.120. The normalized spacial score (nSPS) is 12.6. The molecule has 1 aromatic carbocycles. The van der Waals surface area contributed by atoms with E-state index < -0.39 is 23.6 Å². The van der Waals surface area contributed by atoms with Gasteiger partial charge in [0.05, 0.1) is 0 Å². The minimum atomic E-state index is -1.14. The van der Waals surface area contributed by atoms with E-state index in [1.54, 1.807) is 32.9 Å². The van der Waals surface area contributed by atoms with Crippen LogP contribution in [0, 0.1) is 0 Å². The number of carbonyl (C=O) groups is 2. The number of carboxylic acids is 1. The fraction of sp³-hybridized carbons (Fsp3) is 0.429. The van der Waals surface area contributed by atoms with Crippen molar-refractivity contribution >= 4 is 12.1 Å². The van der Waals surface area contributed by atoms with Crippen LogP contribution < -0.4 is 5.32 Å². The van der Waals surface area contributed by atoms with Gasteiger partial charge in [-0.05, 0) is 26.8 Å². The predicted molar refractivity (Wildman–Crippen MR) is 72.7 cm³/mol. The molecule has 0 aliphatic rings. The second-order valence-electron chi connectivity index (χ2n) is 5.33. The number of para-hydroxylation sites is 1. The first-order valence-electron chi connectivity index (χ1n) is 6.18. The molecule has 1 rings (SSSR count). The average Bonchev–Trinajstić information content (AvgIpc) is 2.28. The number of hydrogen-bond acceptors (Lipinski definition) is 4. The zero-order chi connectivity index (χ0) is 15.3. The van der Waals surface area contributed by atoms with Gasteiger partial charge >= 0.3 is 12.1 Å². The highest BCUT2D eigenvalue weighted by molar-refractivity contribution is 5.78. The first kappa shape index (κ1) is 15.8. The number of aromatic hydroxyl groups is 1. The summed E-state index contributed by atoms with van der Waals surface area (Å²) >= 11 is 0. The fourth-order valence-corrected chi connectivity index (χ4v) is 1.61. The Morgan fingerprint density at radius 2 is 1.90 bits per heavy atom. The summed E-state index contributed by atoms with van der Waals surface area (Å²) in [4.78, 5) is 22.8. The van der Waals surface area contributed by atoms with Gasteiger partial charge in [0, 0.05) is 12.1 Å². The van der Waals surface area contributed by atoms with Gasteiger partial charge in [0.15, 0.2) is 0 Å². The summed E-state index contributed by atoms with van der Waals surface area (Å²) < 4.78 is 5.03. The van der Waals surface area contributed by atoms with Gasteiger partial charge in [-0.1, -0.05) is 18.2 Å². The maximum absolute atomic E-state index is 11.5. The fourth-order valence-electron chi connectivity index (χ4n) is 1.61. The number of amides is 1. The lowest BCUT2D eigenvalue weighted by Crippen LogP contribution is -2.36. The van der Waals surface area contributed by atoms with Gasteiger partial charge in [0.1, 0.15) is 17.3 Å². The molecular formula is C14H19NO5. The molecule has 0 aromatic heterocycles. The average molecular weight is 281 g/mol. The number of aliphatic carboxylic acids is 1. The van der Waals surface area contributed by atoms with Crippen LogP contribution in [0.1, 0.15) is 32.3 Å². The Labute approximate surface area is 117 Å². The third-order valence-electron chi connectivity index (χ3n) is 2.46. The van der Waals surface area contributed by atoms with E-state index in [2.05, 4.69) is 5.32 Å². The molecule has 0 aliphatic heterocycles. The molecule has 0 bridgehead atoms. The molecule has 3 N–H and O–H groups in total. The molecule has 0 saturated heterocycles.